The Kier molecular flexibility index (Phi) is 3.50. The molecule has 2 unspecified atom stereocenters. The van der Waals surface area contributed by atoms with Crippen LogP contribution in [0.25, 0.3) is 0 Å². The van der Waals surface area contributed by atoms with Crippen molar-refractivity contribution >= 4 is 10.0 Å². The maximum Gasteiger partial charge on any atom is 0.243 e. The highest BCUT2D eigenvalue weighted by Gasteiger charge is 2.27. The first kappa shape index (κ1) is 12.5. The molecule has 0 spiro atoms. The van der Waals surface area contributed by atoms with Gasteiger partial charge in [0, 0.05) is 25.8 Å². The Morgan fingerprint density at radius 3 is 2.94 bits per heavy atom. The number of hydrogen-bond acceptors (Lipinski definition) is 4. The number of nitrogens with one attached hydrogen (secondary N) is 2. The fraction of sp³-hybridized carbons (Fsp3) is 0.700. The molecule has 1 saturated heterocycles. The lowest BCUT2D eigenvalue weighted by Gasteiger charge is -2.29. The lowest BCUT2D eigenvalue weighted by molar-refractivity contribution is 0.327. The minimum atomic E-state index is -3.45. The maximum absolute atomic E-state index is 12.1. The van der Waals surface area contributed by atoms with Crippen LogP contribution < -0.4 is 10.0 Å². The van der Waals surface area contributed by atoms with Gasteiger partial charge in [-0.1, -0.05) is 6.92 Å². The molecule has 1 aromatic heterocycles. The summed E-state index contributed by atoms with van der Waals surface area (Å²) in [5.74, 6) is 0.350. The van der Waals surface area contributed by atoms with Crippen LogP contribution in [-0.4, -0.2) is 37.3 Å². The van der Waals surface area contributed by atoms with E-state index in [1.807, 2.05) is 0 Å². The second-order valence-corrected chi connectivity index (χ2v) is 6.26. The second kappa shape index (κ2) is 4.75. The molecular formula is C10H18N4O2S. The van der Waals surface area contributed by atoms with Gasteiger partial charge in [0.2, 0.25) is 10.0 Å². The van der Waals surface area contributed by atoms with E-state index >= 15 is 0 Å². The molecule has 6 nitrogen and oxygen atoms in total. The van der Waals surface area contributed by atoms with Crippen molar-refractivity contribution in [3.8, 4) is 0 Å². The minimum Gasteiger partial charge on any atom is -0.315 e. The highest BCUT2D eigenvalue weighted by atomic mass is 32.2. The van der Waals surface area contributed by atoms with E-state index in [2.05, 4.69) is 22.1 Å². The summed E-state index contributed by atoms with van der Waals surface area (Å²) < 4.78 is 28.3. The zero-order valence-corrected chi connectivity index (χ0v) is 10.9. The largest absolute Gasteiger partial charge is 0.315 e. The van der Waals surface area contributed by atoms with Crippen molar-refractivity contribution in [2.45, 2.75) is 24.3 Å². The molecule has 2 heterocycles. The van der Waals surface area contributed by atoms with Crippen molar-refractivity contribution in [2.24, 2.45) is 13.0 Å². The number of rotatable bonds is 3. The van der Waals surface area contributed by atoms with Crippen molar-refractivity contribution in [1.82, 2.24) is 19.8 Å². The van der Waals surface area contributed by atoms with Crippen LogP contribution in [0.15, 0.2) is 17.3 Å². The van der Waals surface area contributed by atoms with E-state index in [9.17, 15) is 8.42 Å². The summed E-state index contributed by atoms with van der Waals surface area (Å²) in [5.41, 5.74) is 0. The van der Waals surface area contributed by atoms with Crippen LogP contribution in [0, 0.1) is 5.92 Å². The summed E-state index contributed by atoms with van der Waals surface area (Å²) in [4.78, 5) is 0.220. The van der Waals surface area contributed by atoms with Crippen molar-refractivity contribution in [3.63, 3.8) is 0 Å². The Morgan fingerprint density at radius 1 is 1.59 bits per heavy atom. The van der Waals surface area contributed by atoms with Gasteiger partial charge in [0.05, 0.1) is 6.20 Å². The molecule has 2 N–H and O–H groups in total. The average Bonchev–Trinajstić information content (AvgIpc) is 2.69. The Bertz CT molecular complexity index is 482. The minimum absolute atomic E-state index is 0.0473. The first-order valence-corrected chi connectivity index (χ1v) is 7.19. The molecule has 1 aromatic rings. The van der Waals surface area contributed by atoms with E-state index in [0.29, 0.717) is 12.5 Å². The first-order chi connectivity index (χ1) is 7.99. The van der Waals surface area contributed by atoms with Crippen molar-refractivity contribution in [3.05, 3.63) is 12.4 Å². The first-order valence-electron chi connectivity index (χ1n) is 5.71. The highest BCUT2D eigenvalue weighted by Crippen LogP contribution is 2.15. The summed E-state index contributed by atoms with van der Waals surface area (Å²) in [5, 5.41) is 7.07. The zero-order chi connectivity index (χ0) is 12.5. The topological polar surface area (TPSA) is 76.0 Å². The van der Waals surface area contributed by atoms with Gasteiger partial charge in [-0.25, -0.2) is 13.1 Å². The van der Waals surface area contributed by atoms with Gasteiger partial charge in [0.1, 0.15) is 4.90 Å². The third-order valence-electron chi connectivity index (χ3n) is 3.13. The average molecular weight is 258 g/mol. The van der Waals surface area contributed by atoms with Gasteiger partial charge in [-0.3, -0.25) is 4.68 Å². The standard InChI is InChI=1S/C10H18N4O2S/c1-8-3-4-11-6-10(8)13-17(15,16)9-5-12-14(2)7-9/h5,7-8,10-11,13H,3-4,6H2,1-2H3. The van der Waals surface area contributed by atoms with E-state index in [1.165, 1.54) is 17.1 Å². The number of piperidine rings is 1. The highest BCUT2D eigenvalue weighted by molar-refractivity contribution is 7.89. The maximum atomic E-state index is 12.1. The van der Waals surface area contributed by atoms with Gasteiger partial charge < -0.3 is 5.32 Å². The molecule has 1 fully saturated rings. The zero-order valence-electron chi connectivity index (χ0n) is 10.0. The molecular weight excluding hydrogens is 240 g/mol. The molecule has 2 rings (SSSR count). The van der Waals surface area contributed by atoms with Crippen LogP contribution in [0.2, 0.25) is 0 Å². The van der Waals surface area contributed by atoms with E-state index in [-0.39, 0.29) is 10.9 Å². The van der Waals surface area contributed by atoms with E-state index in [0.717, 1.165) is 13.0 Å². The summed E-state index contributed by atoms with van der Waals surface area (Å²) >= 11 is 0. The summed E-state index contributed by atoms with van der Waals surface area (Å²) in [6.45, 7) is 3.70. The quantitative estimate of drug-likeness (QED) is 0.780. The predicted molar refractivity (Wildman–Crippen MR) is 64.0 cm³/mol. The van der Waals surface area contributed by atoms with Crippen molar-refractivity contribution in [1.29, 1.82) is 0 Å². The fourth-order valence-electron chi connectivity index (χ4n) is 1.95. The van der Waals surface area contributed by atoms with Crippen LogP contribution in [0.4, 0.5) is 0 Å². The third kappa shape index (κ3) is 2.85. The smallest absolute Gasteiger partial charge is 0.243 e. The van der Waals surface area contributed by atoms with Gasteiger partial charge in [-0.2, -0.15) is 5.10 Å². The van der Waals surface area contributed by atoms with Gasteiger partial charge in [-0.15, -0.1) is 0 Å². The second-order valence-electron chi connectivity index (χ2n) is 4.55. The summed E-state index contributed by atoms with van der Waals surface area (Å²) in [6, 6.07) is -0.0473. The molecule has 0 saturated carbocycles. The number of aromatic nitrogens is 2. The van der Waals surface area contributed by atoms with E-state index < -0.39 is 10.0 Å². The van der Waals surface area contributed by atoms with Gasteiger partial charge in [-0.05, 0) is 18.9 Å². The summed E-state index contributed by atoms with van der Waals surface area (Å²) in [6.07, 6.45) is 3.85. The van der Waals surface area contributed by atoms with E-state index in [1.54, 1.807) is 7.05 Å². The van der Waals surface area contributed by atoms with Gasteiger partial charge in [0.15, 0.2) is 0 Å². The molecule has 1 aliphatic heterocycles. The molecule has 0 bridgehead atoms. The van der Waals surface area contributed by atoms with Crippen LogP contribution in [-0.2, 0) is 17.1 Å². The summed E-state index contributed by atoms with van der Waals surface area (Å²) in [7, 11) is -1.75. The van der Waals surface area contributed by atoms with Crippen molar-refractivity contribution < 1.29 is 8.42 Å². The molecule has 0 aromatic carbocycles. The van der Waals surface area contributed by atoms with Crippen LogP contribution >= 0.6 is 0 Å². The lowest BCUT2D eigenvalue weighted by atomic mass is 9.96. The Morgan fingerprint density at radius 2 is 2.35 bits per heavy atom. The number of hydrogen-bond donors (Lipinski definition) is 2. The predicted octanol–water partition coefficient (Wildman–Crippen LogP) is -0.304. The number of sulfonamides is 1. The van der Waals surface area contributed by atoms with E-state index in [4.69, 9.17) is 0 Å². The Labute approximate surface area is 101 Å². The van der Waals surface area contributed by atoms with Crippen LogP contribution in [0.3, 0.4) is 0 Å². The molecule has 2 atom stereocenters. The molecule has 17 heavy (non-hydrogen) atoms. The van der Waals surface area contributed by atoms with Crippen molar-refractivity contribution in [2.75, 3.05) is 13.1 Å². The molecule has 0 radical (unpaired) electrons. The Hall–Kier alpha value is -0.920. The molecule has 1 aliphatic rings. The van der Waals surface area contributed by atoms with Crippen LogP contribution in [0.5, 0.6) is 0 Å². The van der Waals surface area contributed by atoms with Gasteiger partial charge in [0.25, 0.3) is 0 Å². The molecule has 7 heteroatoms. The normalized spacial score (nSPS) is 26.0. The number of aryl methyl sites for hydroxylation is 1. The molecule has 0 amide bonds. The monoisotopic (exact) mass is 258 g/mol. The van der Waals surface area contributed by atoms with Crippen LogP contribution in [0.1, 0.15) is 13.3 Å². The fourth-order valence-corrected chi connectivity index (χ4v) is 3.28. The lowest BCUT2D eigenvalue weighted by Crippen LogP contribution is -2.50. The van der Waals surface area contributed by atoms with Gasteiger partial charge >= 0.3 is 0 Å². The SMILES string of the molecule is CC1CCNCC1NS(=O)(=O)c1cnn(C)c1. The molecule has 96 valence electrons. The third-order valence-corrected chi connectivity index (χ3v) is 4.57. The Balaban J connectivity index is 2.11. The number of nitrogens with zero attached hydrogens (tertiary/aromatic N) is 2. The molecule has 0 aliphatic carbocycles.